The summed E-state index contributed by atoms with van der Waals surface area (Å²) in [5.41, 5.74) is 1.35. The molecular weight excluding hydrogens is 315 g/mol. The van der Waals surface area contributed by atoms with Crippen molar-refractivity contribution in [1.29, 1.82) is 0 Å². The van der Waals surface area contributed by atoms with E-state index in [1.165, 1.54) is 18.4 Å². The topological polar surface area (TPSA) is 26.3 Å². The van der Waals surface area contributed by atoms with Crippen molar-refractivity contribution in [2.45, 2.75) is 0 Å². The lowest BCUT2D eigenvalue weighted by molar-refractivity contribution is 0.0607. The average Bonchev–Trinajstić information content (AvgIpc) is 2.81. The van der Waals surface area contributed by atoms with E-state index in [9.17, 15) is 4.79 Å². The number of ether oxygens (including phenoxy) is 1. The maximum atomic E-state index is 11.6. The molecule has 0 aliphatic rings. The fourth-order valence-electron chi connectivity index (χ4n) is 1.50. The lowest BCUT2D eigenvalue weighted by atomic mass is 10.1. The Morgan fingerprint density at radius 3 is 2.44 bits per heavy atom. The molecule has 94 valence electrons. The molecule has 1 aromatic carbocycles. The predicted molar refractivity (Wildman–Crippen MR) is 76.1 cm³/mol. The van der Waals surface area contributed by atoms with Crippen LogP contribution in [0.4, 0.5) is 0 Å². The van der Waals surface area contributed by atoms with E-state index in [0.29, 0.717) is 31.1 Å². The molecule has 18 heavy (non-hydrogen) atoms. The summed E-state index contributed by atoms with van der Waals surface area (Å²) in [6, 6.07) is 4.99. The molecule has 2 aromatic rings. The Bertz CT molecular complexity index is 607. The summed E-state index contributed by atoms with van der Waals surface area (Å²) >= 11 is 19.2. The summed E-state index contributed by atoms with van der Waals surface area (Å²) in [4.78, 5) is 12.1. The van der Waals surface area contributed by atoms with Crippen LogP contribution in [0.2, 0.25) is 15.1 Å². The third-order valence-electron chi connectivity index (χ3n) is 2.34. The van der Waals surface area contributed by atoms with E-state index in [1.807, 2.05) is 0 Å². The van der Waals surface area contributed by atoms with Crippen LogP contribution in [0.25, 0.3) is 11.1 Å². The molecule has 0 saturated carbocycles. The van der Waals surface area contributed by atoms with Gasteiger partial charge in [0.1, 0.15) is 4.88 Å². The van der Waals surface area contributed by atoms with Gasteiger partial charge in [0.15, 0.2) is 0 Å². The number of carbonyl (C=O) groups excluding carboxylic acids is 1. The van der Waals surface area contributed by atoms with Crippen molar-refractivity contribution in [3.05, 3.63) is 43.5 Å². The van der Waals surface area contributed by atoms with Crippen LogP contribution < -0.4 is 0 Å². The standard InChI is InChI=1S/C12H7Cl3O2S/c1-17-12(16)11-6(2-3-18-11)7-4-9(14)10(15)5-8(7)13/h2-5H,1H3. The number of hydrogen-bond acceptors (Lipinski definition) is 3. The summed E-state index contributed by atoms with van der Waals surface area (Å²) < 4.78 is 4.72. The maximum absolute atomic E-state index is 11.6. The van der Waals surface area contributed by atoms with Gasteiger partial charge in [0.05, 0.1) is 22.2 Å². The molecule has 0 unspecified atom stereocenters. The van der Waals surface area contributed by atoms with E-state index in [0.717, 1.165) is 0 Å². The van der Waals surface area contributed by atoms with E-state index in [2.05, 4.69) is 0 Å². The quantitative estimate of drug-likeness (QED) is 0.564. The number of benzene rings is 1. The second-order valence-electron chi connectivity index (χ2n) is 3.40. The molecule has 0 spiro atoms. The van der Waals surface area contributed by atoms with Gasteiger partial charge in [-0.05, 0) is 23.6 Å². The summed E-state index contributed by atoms with van der Waals surface area (Å²) in [5.74, 6) is -0.401. The van der Waals surface area contributed by atoms with Crippen molar-refractivity contribution in [1.82, 2.24) is 0 Å². The largest absolute Gasteiger partial charge is 0.465 e. The van der Waals surface area contributed by atoms with E-state index in [4.69, 9.17) is 39.5 Å². The van der Waals surface area contributed by atoms with Crippen LogP contribution in [0, 0.1) is 0 Å². The van der Waals surface area contributed by atoms with E-state index < -0.39 is 5.97 Å². The molecule has 1 aromatic heterocycles. The number of carbonyl (C=O) groups is 1. The molecule has 6 heteroatoms. The fourth-order valence-corrected chi connectivity index (χ4v) is 2.97. The minimum Gasteiger partial charge on any atom is -0.465 e. The van der Waals surface area contributed by atoms with Crippen molar-refractivity contribution in [3.63, 3.8) is 0 Å². The third kappa shape index (κ3) is 2.50. The van der Waals surface area contributed by atoms with Gasteiger partial charge in [-0.15, -0.1) is 11.3 Å². The summed E-state index contributed by atoms with van der Waals surface area (Å²) in [6.07, 6.45) is 0. The highest BCUT2D eigenvalue weighted by molar-refractivity contribution is 7.12. The monoisotopic (exact) mass is 320 g/mol. The molecule has 0 fully saturated rings. The molecule has 2 rings (SSSR count). The normalized spacial score (nSPS) is 10.4. The zero-order valence-corrected chi connectivity index (χ0v) is 12.3. The molecule has 0 atom stereocenters. The Balaban J connectivity index is 2.59. The van der Waals surface area contributed by atoms with E-state index >= 15 is 0 Å². The van der Waals surface area contributed by atoms with Crippen molar-refractivity contribution in [3.8, 4) is 11.1 Å². The molecule has 0 radical (unpaired) electrons. The molecule has 1 heterocycles. The third-order valence-corrected chi connectivity index (χ3v) is 4.27. The van der Waals surface area contributed by atoms with Crippen LogP contribution in [0.5, 0.6) is 0 Å². The molecule has 0 saturated heterocycles. The number of halogens is 3. The summed E-state index contributed by atoms with van der Waals surface area (Å²) in [7, 11) is 1.34. The lowest BCUT2D eigenvalue weighted by Crippen LogP contribution is -1.99. The minimum atomic E-state index is -0.401. The first-order chi connectivity index (χ1) is 8.54. The minimum absolute atomic E-state index is 0.375. The first kappa shape index (κ1) is 13.7. The second kappa shape index (κ2) is 5.49. The van der Waals surface area contributed by atoms with Gasteiger partial charge in [-0.3, -0.25) is 0 Å². The van der Waals surface area contributed by atoms with Gasteiger partial charge in [-0.25, -0.2) is 4.79 Å². The molecule has 0 aliphatic carbocycles. The van der Waals surface area contributed by atoms with Gasteiger partial charge in [0.2, 0.25) is 0 Å². The van der Waals surface area contributed by atoms with Gasteiger partial charge in [0.25, 0.3) is 0 Å². The van der Waals surface area contributed by atoms with Crippen molar-refractivity contribution in [2.24, 2.45) is 0 Å². The SMILES string of the molecule is COC(=O)c1sccc1-c1cc(Cl)c(Cl)cc1Cl. The first-order valence-electron chi connectivity index (χ1n) is 4.85. The number of methoxy groups -OCH3 is 1. The van der Waals surface area contributed by atoms with Gasteiger partial charge in [-0.2, -0.15) is 0 Å². The molecule has 0 aliphatic heterocycles. The van der Waals surface area contributed by atoms with Gasteiger partial charge < -0.3 is 4.74 Å². The Kier molecular flexibility index (Phi) is 4.17. The Labute approximate surface area is 123 Å². The van der Waals surface area contributed by atoms with Crippen molar-refractivity contribution >= 4 is 52.1 Å². The van der Waals surface area contributed by atoms with E-state index in [1.54, 1.807) is 23.6 Å². The maximum Gasteiger partial charge on any atom is 0.348 e. The molecular formula is C12H7Cl3O2S. The predicted octanol–water partition coefficient (Wildman–Crippen LogP) is 5.16. The van der Waals surface area contributed by atoms with Crippen LogP contribution in [-0.4, -0.2) is 13.1 Å². The van der Waals surface area contributed by atoms with Gasteiger partial charge in [0, 0.05) is 11.1 Å². The Hall–Kier alpha value is -0.740. The highest BCUT2D eigenvalue weighted by Crippen LogP contribution is 2.38. The van der Waals surface area contributed by atoms with Crippen LogP contribution >= 0.6 is 46.1 Å². The van der Waals surface area contributed by atoms with Gasteiger partial charge >= 0.3 is 5.97 Å². The van der Waals surface area contributed by atoms with Crippen molar-refractivity contribution < 1.29 is 9.53 Å². The Morgan fingerprint density at radius 1 is 1.11 bits per heavy atom. The lowest BCUT2D eigenvalue weighted by Gasteiger charge is -2.07. The molecule has 2 nitrogen and oxygen atoms in total. The number of thiophene rings is 1. The van der Waals surface area contributed by atoms with E-state index in [-0.39, 0.29) is 0 Å². The summed E-state index contributed by atoms with van der Waals surface area (Å²) in [5, 5.41) is 2.99. The Morgan fingerprint density at radius 2 is 1.78 bits per heavy atom. The number of hydrogen-bond donors (Lipinski definition) is 0. The summed E-state index contributed by atoms with van der Waals surface area (Å²) in [6.45, 7) is 0. The van der Waals surface area contributed by atoms with Crippen LogP contribution in [-0.2, 0) is 4.74 Å². The number of esters is 1. The molecule has 0 N–H and O–H groups in total. The van der Waals surface area contributed by atoms with Crippen LogP contribution in [0.15, 0.2) is 23.6 Å². The van der Waals surface area contributed by atoms with Gasteiger partial charge in [-0.1, -0.05) is 34.8 Å². The van der Waals surface area contributed by atoms with Crippen LogP contribution in [0.1, 0.15) is 9.67 Å². The molecule has 0 bridgehead atoms. The van der Waals surface area contributed by atoms with Crippen molar-refractivity contribution in [2.75, 3.05) is 7.11 Å². The smallest absolute Gasteiger partial charge is 0.348 e. The molecule has 0 amide bonds. The first-order valence-corrected chi connectivity index (χ1v) is 6.86. The number of rotatable bonds is 2. The van der Waals surface area contributed by atoms with Crippen LogP contribution in [0.3, 0.4) is 0 Å². The average molecular weight is 322 g/mol. The highest BCUT2D eigenvalue weighted by Gasteiger charge is 2.18. The second-order valence-corrected chi connectivity index (χ2v) is 5.54. The highest BCUT2D eigenvalue weighted by atomic mass is 35.5. The fraction of sp³-hybridized carbons (Fsp3) is 0.0833. The zero-order chi connectivity index (χ0) is 13.3. The zero-order valence-electron chi connectivity index (χ0n) is 9.17.